The number of ether oxygens (including phenoxy) is 1. The molecule has 35 heavy (non-hydrogen) atoms. The fourth-order valence-electron chi connectivity index (χ4n) is 6.13. The van der Waals surface area contributed by atoms with E-state index >= 15 is 0 Å². The summed E-state index contributed by atoms with van der Waals surface area (Å²) in [7, 11) is 0. The summed E-state index contributed by atoms with van der Waals surface area (Å²) in [5.74, 6) is -0.102. The minimum Gasteiger partial charge on any atom is -1.00 e. The lowest BCUT2D eigenvalue weighted by Crippen LogP contribution is -3.00. The molecule has 2 bridgehead atoms. The second kappa shape index (κ2) is 11.3. The maximum absolute atomic E-state index is 13.6. The van der Waals surface area contributed by atoms with E-state index in [2.05, 4.69) is 4.90 Å². The Bertz CT molecular complexity index is 1000. The Morgan fingerprint density at radius 1 is 0.971 bits per heavy atom. The van der Waals surface area contributed by atoms with Crippen LogP contribution in [0, 0.1) is 11.7 Å². The van der Waals surface area contributed by atoms with Crippen LogP contribution >= 0.6 is 0 Å². The maximum atomic E-state index is 13.6. The van der Waals surface area contributed by atoms with Crippen molar-refractivity contribution in [1.29, 1.82) is 0 Å². The predicted molar refractivity (Wildman–Crippen MR) is 128 cm³/mol. The largest absolute Gasteiger partial charge is 1.00 e. The lowest BCUT2D eigenvalue weighted by atomic mass is 9.82. The van der Waals surface area contributed by atoms with Gasteiger partial charge in [0.15, 0.2) is 6.10 Å². The Morgan fingerprint density at radius 2 is 1.63 bits per heavy atom. The van der Waals surface area contributed by atoms with Crippen LogP contribution in [-0.2, 0) is 9.53 Å². The number of piperidine rings is 4. The average molecular weight is 545 g/mol. The van der Waals surface area contributed by atoms with Gasteiger partial charge in [0.05, 0.1) is 13.1 Å². The van der Waals surface area contributed by atoms with E-state index in [1.807, 2.05) is 30.3 Å². The number of fused-ring (bicyclic) bond motifs is 3. The Labute approximate surface area is 217 Å². The molecule has 0 aliphatic carbocycles. The van der Waals surface area contributed by atoms with Crippen molar-refractivity contribution in [2.45, 2.75) is 44.2 Å². The van der Waals surface area contributed by atoms with Gasteiger partial charge in [0.2, 0.25) is 5.78 Å². The van der Waals surface area contributed by atoms with Gasteiger partial charge in [-0.25, -0.2) is 9.18 Å². The lowest BCUT2D eigenvalue weighted by Gasteiger charge is -2.51. The van der Waals surface area contributed by atoms with Crippen LogP contribution in [0.4, 0.5) is 4.39 Å². The molecule has 0 radical (unpaired) electrons. The number of rotatable bonds is 7. The number of likely N-dealkylation sites (tertiary alicyclic amines) is 1. The number of esters is 1. The molecule has 0 amide bonds. The summed E-state index contributed by atoms with van der Waals surface area (Å²) in [5, 5.41) is 0. The first-order chi connectivity index (χ1) is 16.5. The van der Waals surface area contributed by atoms with Crippen molar-refractivity contribution in [3.63, 3.8) is 0 Å². The fraction of sp³-hybridized carbons (Fsp3) is 0.500. The second-order valence-corrected chi connectivity index (χ2v) is 10.3. The number of benzene rings is 2. The summed E-state index contributed by atoms with van der Waals surface area (Å²) in [6.45, 7) is 4.75. The number of ketones is 1. The van der Waals surface area contributed by atoms with Crippen LogP contribution in [0.25, 0.3) is 0 Å². The van der Waals surface area contributed by atoms with Crippen LogP contribution in [-0.4, -0.2) is 66.5 Å². The molecule has 5 nitrogen and oxygen atoms in total. The molecule has 2 aromatic rings. The quantitative estimate of drug-likeness (QED) is 0.300. The molecule has 4 aliphatic heterocycles. The molecule has 0 aromatic heterocycles. The highest BCUT2D eigenvalue weighted by atomic mass is 79.9. The van der Waals surface area contributed by atoms with E-state index < -0.39 is 0 Å². The van der Waals surface area contributed by atoms with Crippen molar-refractivity contribution >= 4 is 11.8 Å². The Balaban J connectivity index is 0.00000289. The molecule has 7 heteroatoms. The molecule has 0 N–H and O–H groups in total. The number of Topliss-reactive ketones (excluding diaryl/α,β-unsaturated/α-hetero) is 1. The SMILES string of the molecule is O=C(C[N+]12CCC(CC1)[C@@H](OC(=O)[C@H](c1ccccc1)N1CCCCC1)C2)c1ccc(F)cc1.[Br-]. The van der Waals surface area contributed by atoms with Gasteiger partial charge in [-0.2, -0.15) is 0 Å². The van der Waals surface area contributed by atoms with E-state index in [4.69, 9.17) is 4.74 Å². The zero-order chi connectivity index (χ0) is 23.5. The number of halogens is 2. The van der Waals surface area contributed by atoms with Crippen molar-refractivity contribution in [1.82, 2.24) is 4.90 Å². The van der Waals surface area contributed by atoms with Gasteiger partial charge in [0.1, 0.15) is 24.9 Å². The third kappa shape index (κ3) is 5.84. The van der Waals surface area contributed by atoms with Crippen LogP contribution in [0.2, 0.25) is 0 Å². The first-order valence-corrected chi connectivity index (χ1v) is 12.7. The summed E-state index contributed by atoms with van der Waals surface area (Å²) in [4.78, 5) is 28.8. The summed E-state index contributed by atoms with van der Waals surface area (Å²) >= 11 is 0. The van der Waals surface area contributed by atoms with Gasteiger partial charge >= 0.3 is 5.97 Å². The fourth-order valence-corrected chi connectivity index (χ4v) is 6.13. The van der Waals surface area contributed by atoms with Crippen molar-refractivity contribution in [3.8, 4) is 0 Å². The molecule has 6 rings (SSSR count). The maximum Gasteiger partial charge on any atom is 0.328 e. The molecule has 188 valence electrons. The number of nitrogens with zero attached hydrogens (tertiary/aromatic N) is 2. The first-order valence-electron chi connectivity index (χ1n) is 12.7. The summed E-state index contributed by atoms with van der Waals surface area (Å²) < 4.78 is 20.2. The van der Waals surface area contributed by atoms with Crippen LogP contribution in [0.5, 0.6) is 0 Å². The predicted octanol–water partition coefficient (Wildman–Crippen LogP) is 1.39. The summed E-state index contributed by atoms with van der Waals surface area (Å²) in [6, 6.07) is 15.4. The van der Waals surface area contributed by atoms with Gasteiger partial charge in [0, 0.05) is 24.3 Å². The number of hydrogen-bond acceptors (Lipinski definition) is 4. The zero-order valence-corrected chi connectivity index (χ0v) is 21.7. The molecule has 4 saturated heterocycles. The van der Waals surface area contributed by atoms with Gasteiger partial charge in [-0.15, -0.1) is 0 Å². The van der Waals surface area contributed by atoms with Crippen LogP contribution in [0.3, 0.4) is 0 Å². The third-order valence-electron chi connectivity index (χ3n) is 8.05. The van der Waals surface area contributed by atoms with E-state index in [1.54, 1.807) is 12.1 Å². The van der Waals surface area contributed by atoms with E-state index in [9.17, 15) is 14.0 Å². The van der Waals surface area contributed by atoms with Crippen molar-refractivity contribution < 1.29 is 40.2 Å². The molecule has 4 fully saturated rings. The van der Waals surface area contributed by atoms with Gasteiger partial charge in [-0.05, 0) is 55.8 Å². The smallest absolute Gasteiger partial charge is 0.328 e. The Morgan fingerprint density at radius 3 is 2.29 bits per heavy atom. The number of quaternary nitrogens is 1. The molecule has 2 atom stereocenters. The highest BCUT2D eigenvalue weighted by molar-refractivity contribution is 5.97. The van der Waals surface area contributed by atoms with Crippen LogP contribution < -0.4 is 17.0 Å². The molecule has 2 aromatic carbocycles. The van der Waals surface area contributed by atoms with Gasteiger partial charge in [-0.3, -0.25) is 9.69 Å². The van der Waals surface area contributed by atoms with Gasteiger partial charge < -0.3 is 26.2 Å². The molecular formula is C28H34BrFN2O3. The lowest BCUT2D eigenvalue weighted by molar-refractivity contribution is -0.938. The highest BCUT2D eigenvalue weighted by Gasteiger charge is 2.49. The molecule has 0 saturated carbocycles. The molecule has 4 heterocycles. The Hall–Kier alpha value is -2.09. The van der Waals surface area contributed by atoms with E-state index in [0.29, 0.717) is 29.1 Å². The minimum atomic E-state index is -0.369. The molecule has 4 aliphatic rings. The van der Waals surface area contributed by atoms with E-state index in [0.717, 1.165) is 57.4 Å². The van der Waals surface area contributed by atoms with Crippen molar-refractivity contribution in [2.75, 3.05) is 39.3 Å². The summed E-state index contributed by atoms with van der Waals surface area (Å²) in [5.41, 5.74) is 1.54. The average Bonchev–Trinajstić information content (AvgIpc) is 2.86. The van der Waals surface area contributed by atoms with Gasteiger partial charge in [-0.1, -0.05) is 36.8 Å². The molecule has 0 unspecified atom stereocenters. The number of carbonyl (C=O) groups excluding carboxylic acids is 2. The molecular weight excluding hydrogens is 511 g/mol. The van der Waals surface area contributed by atoms with Crippen LogP contribution in [0.1, 0.15) is 54.1 Å². The standard InChI is InChI=1S/C28H34FN2O3.BrH/c29-24-11-9-21(10-12-24)25(32)19-31-17-13-22(14-18-31)26(20-31)34-28(33)27(23-7-3-1-4-8-23)30-15-5-2-6-16-30;/h1,3-4,7-12,22,26-27H,2,5-6,13-20H2;1H/q+1;/p-1/t22?,26-,27-,31?;/m0./s1. The Kier molecular flexibility index (Phi) is 8.40. The van der Waals surface area contributed by atoms with Gasteiger partial charge in [0.25, 0.3) is 0 Å². The van der Waals surface area contributed by atoms with Crippen molar-refractivity contribution in [2.24, 2.45) is 5.92 Å². The topological polar surface area (TPSA) is 46.6 Å². The van der Waals surface area contributed by atoms with E-state index in [1.165, 1.54) is 18.6 Å². The summed E-state index contributed by atoms with van der Waals surface area (Å²) in [6.07, 6.45) is 5.19. The normalized spacial score (nSPS) is 27.0. The highest BCUT2D eigenvalue weighted by Crippen LogP contribution is 2.37. The number of hydrogen-bond donors (Lipinski definition) is 0. The minimum absolute atomic E-state index is 0. The van der Waals surface area contributed by atoms with Crippen molar-refractivity contribution in [3.05, 3.63) is 71.5 Å². The monoisotopic (exact) mass is 544 g/mol. The third-order valence-corrected chi connectivity index (χ3v) is 8.05. The van der Waals surface area contributed by atoms with E-state index in [-0.39, 0.29) is 46.7 Å². The second-order valence-electron chi connectivity index (χ2n) is 10.3. The zero-order valence-electron chi connectivity index (χ0n) is 20.1. The van der Waals surface area contributed by atoms with Crippen LogP contribution in [0.15, 0.2) is 54.6 Å². The molecule has 0 spiro atoms. The first kappa shape index (κ1) is 26.0. The number of carbonyl (C=O) groups is 2.